The minimum absolute atomic E-state index is 0.0354. The van der Waals surface area contributed by atoms with Crippen molar-refractivity contribution in [3.63, 3.8) is 0 Å². The number of nitrogen functional groups attached to an aromatic ring is 1. The zero-order valence-electron chi connectivity index (χ0n) is 15.2. The van der Waals surface area contributed by atoms with Gasteiger partial charge in [0.15, 0.2) is 0 Å². The molecular formula is C20H23N3O3. The number of nitrogens with zero attached hydrogens (tertiary/aromatic N) is 1. The van der Waals surface area contributed by atoms with Crippen molar-refractivity contribution in [3.8, 4) is 11.1 Å². The number of carbonyl (C=O) groups excluding carboxylic acids is 2. The number of anilines is 1. The van der Waals surface area contributed by atoms with Gasteiger partial charge in [0, 0.05) is 24.7 Å². The van der Waals surface area contributed by atoms with Crippen LogP contribution in [-0.4, -0.2) is 31.9 Å². The van der Waals surface area contributed by atoms with E-state index in [1.165, 1.54) is 12.0 Å². The second-order valence-corrected chi connectivity index (χ2v) is 6.12. The molecule has 1 atom stereocenters. The highest BCUT2D eigenvalue weighted by atomic mass is 16.5. The van der Waals surface area contributed by atoms with E-state index >= 15 is 0 Å². The molecule has 0 aromatic heterocycles. The first kappa shape index (κ1) is 19.2. The van der Waals surface area contributed by atoms with Crippen LogP contribution in [0.25, 0.3) is 11.1 Å². The molecule has 2 rings (SSSR count). The van der Waals surface area contributed by atoms with Crippen LogP contribution in [0.5, 0.6) is 0 Å². The molecule has 1 unspecified atom stereocenters. The van der Waals surface area contributed by atoms with Crippen molar-refractivity contribution in [2.45, 2.75) is 13.3 Å². The first-order valence-electron chi connectivity index (χ1n) is 8.22. The molecule has 6 nitrogen and oxygen atoms in total. The summed E-state index contributed by atoms with van der Waals surface area (Å²) in [7, 11) is 3.00. The van der Waals surface area contributed by atoms with Crippen molar-refractivity contribution in [3.05, 3.63) is 54.1 Å². The molecule has 0 spiro atoms. The Labute approximate surface area is 153 Å². The molecule has 0 aliphatic rings. The highest BCUT2D eigenvalue weighted by Crippen LogP contribution is 2.24. The van der Waals surface area contributed by atoms with Crippen LogP contribution in [0.15, 0.2) is 48.5 Å². The van der Waals surface area contributed by atoms with Crippen LogP contribution in [0.2, 0.25) is 0 Å². The van der Waals surface area contributed by atoms with Gasteiger partial charge in [0.05, 0.1) is 13.0 Å². The molecule has 26 heavy (non-hydrogen) atoms. The maximum atomic E-state index is 12.3. The number of nitrogens with one attached hydrogen (secondary N) is 1. The van der Waals surface area contributed by atoms with E-state index in [0.717, 1.165) is 16.8 Å². The van der Waals surface area contributed by atoms with E-state index in [2.05, 4.69) is 4.74 Å². The Morgan fingerprint density at radius 2 is 1.58 bits per heavy atom. The van der Waals surface area contributed by atoms with Gasteiger partial charge in [0.2, 0.25) is 5.91 Å². The Morgan fingerprint density at radius 3 is 2.04 bits per heavy atom. The maximum Gasteiger partial charge on any atom is 0.308 e. The molecule has 0 aliphatic heterocycles. The lowest BCUT2D eigenvalue weighted by molar-refractivity contribution is -0.146. The Balaban J connectivity index is 2.09. The van der Waals surface area contributed by atoms with Crippen molar-refractivity contribution in [1.29, 1.82) is 5.41 Å². The lowest BCUT2D eigenvalue weighted by Crippen LogP contribution is -2.29. The van der Waals surface area contributed by atoms with Gasteiger partial charge in [-0.15, -0.1) is 0 Å². The third-order valence-electron chi connectivity index (χ3n) is 4.24. The zero-order chi connectivity index (χ0) is 19.3. The van der Waals surface area contributed by atoms with Gasteiger partial charge in [-0.2, -0.15) is 0 Å². The van der Waals surface area contributed by atoms with Crippen LogP contribution in [0.1, 0.15) is 18.9 Å². The smallest absolute Gasteiger partial charge is 0.308 e. The van der Waals surface area contributed by atoms with Crippen LogP contribution in [0.3, 0.4) is 0 Å². The van der Waals surface area contributed by atoms with Gasteiger partial charge in [0.1, 0.15) is 5.84 Å². The van der Waals surface area contributed by atoms with E-state index in [-0.39, 0.29) is 18.2 Å². The summed E-state index contributed by atoms with van der Waals surface area (Å²) >= 11 is 0. The molecule has 0 radical (unpaired) electrons. The van der Waals surface area contributed by atoms with Crippen molar-refractivity contribution >= 4 is 23.4 Å². The SMILES string of the molecule is COC(=O)C(C)CC(=O)N(C)c1ccc(-c2ccc(C(=N)N)cc2)cc1. The van der Waals surface area contributed by atoms with Crippen LogP contribution in [-0.2, 0) is 14.3 Å². The molecule has 0 aliphatic carbocycles. The van der Waals surface area contributed by atoms with Crippen LogP contribution >= 0.6 is 0 Å². The van der Waals surface area contributed by atoms with Gasteiger partial charge in [0.25, 0.3) is 0 Å². The summed E-state index contributed by atoms with van der Waals surface area (Å²) in [6, 6.07) is 15.0. The highest BCUT2D eigenvalue weighted by Gasteiger charge is 2.20. The quantitative estimate of drug-likeness (QED) is 0.474. The monoisotopic (exact) mass is 353 g/mol. The summed E-state index contributed by atoms with van der Waals surface area (Å²) in [5, 5.41) is 7.42. The highest BCUT2D eigenvalue weighted by molar-refractivity contribution is 5.96. The Bertz CT molecular complexity index is 798. The first-order valence-corrected chi connectivity index (χ1v) is 8.22. The van der Waals surface area contributed by atoms with E-state index < -0.39 is 11.9 Å². The Kier molecular flexibility index (Phi) is 6.11. The van der Waals surface area contributed by atoms with E-state index in [1.807, 2.05) is 36.4 Å². The predicted molar refractivity (Wildman–Crippen MR) is 102 cm³/mol. The average molecular weight is 353 g/mol. The normalized spacial score (nSPS) is 11.5. The lowest BCUT2D eigenvalue weighted by atomic mass is 10.0. The first-order chi connectivity index (χ1) is 12.3. The topological polar surface area (TPSA) is 96.5 Å². The lowest BCUT2D eigenvalue weighted by Gasteiger charge is -2.19. The van der Waals surface area contributed by atoms with Crippen LogP contribution in [0, 0.1) is 11.3 Å². The number of methoxy groups -OCH3 is 1. The fourth-order valence-corrected chi connectivity index (χ4v) is 2.55. The molecule has 3 N–H and O–H groups in total. The molecule has 0 saturated carbocycles. The minimum Gasteiger partial charge on any atom is -0.469 e. The number of nitrogens with two attached hydrogens (primary N) is 1. The van der Waals surface area contributed by atoms with Crippen molar-refractivity contribution in [2.24, 2.45) is 11.7 Å². The largest absolute Gasteiger partial charge is 0.469 e. The molecule has 1 amide bonds. The fourth-order valence-electron chi connectivity index (χ4n) is 2.55. The third-order valence-corrected chi connectivity index (χ3v) is 4.24. The van der Waals surface area contributed by atoms with Crippen molar-refractivity contribution < 1.29 is 14.3 Å². The number of amides is 1. The maximum absolute atomic E-state index is 12.3. The molecule has 6 heteroatoms. The molecule has 0 heterocycles. The number of hydrogen-bond donors (Lipinski definition) is 2. The summed E-state index contributed by atoms with van der Waals surface area (Å²) in [5.41, 5.74) is 8.87. The predicted octanol–water partition coefficient (Wildman–Crippen LogP) is 2.80. The van der Waals surface area contributed by atoms with Gasteiger partial charge >= 0.3 is 5.97 Å². The number of carbonyl (C=O) groups is 2. The van der Waals surface area contributed by atoms with Crippen molar-refractivity contribution in [2.75, 3.05) is 19.1 Å². The number of benzene rings is 2. The molecule has 136 valence electrons. The fraction of sp³-hybridized carbons (Fsp3) is 0.250. The van der Waals surface area contributed by atoms with Gasteiger partial charge in [-0.3, -0.25) is 15.0 Å². The number of amidine groups is 1. The minimum atomic E-state index is -0.478. The van der Waals surface area contributed by atoms with E-state index in [4.69, 9.17) is 11.1 Å². The Morgan fingerprint density at radius 1 is 1.08 bits per heavy atom. The number of rotatable bonds is 6. The second kappa shape index (κ2) is 8.29. The number of ether oxygens (including phenoxy) is 1. The summed E-state index contributed by atoms with van der Waals surface area (Å²) in [6.07, 6.45) is 0.0947. The molecule has 0 saturated heterocycles. The summed E-state index contributed by atoms with van der Waals surface area (Å²) < 4.78 is 4.66. The van der Waals surface area contributed by atoms with Gasteiger partial charge in [-0.05, 0) is 23.3 Å². The molecule has 0 fully saturated rings. The van der Waals surface area contributed by atoms with Crippen molar-refractivity contribution in [1.82, 2.24) is 0 Å². The zero-order valence-corrected chi connectivity index (χ0v) is 15.2. The van der Waals surface area contributed by atoms with Crippen LogP contribution in [0.4, 0.5) is 5.69 Å². The second-order valence-electron chi connectivity index (χ2n) is 6.12. The average Bonchev–Trinajstić information content (AvgIpc) is 2.66. The number of hydrogen-bond acceptors (Lipinski definition) is 4. The van der Waals surface area contributed by atoms with Gasteiger partial charge < -0.3 is 15.4 Å². The summed E-state index contributed by atoms with van der Waals surface area (Å²) in [4.78, 5) is 25.3. The third kappa shape index (κ3) is 4.47. The van der Waals surface area contributed by atoms with E-state index in [0.29, 0.717) is 5.56 Å². The summed E-state index contributed by atoms with van der Waals surface area (Å²) in [5.74, 6) is -0.986. The van der Waals surface area contributed by atoms with E-state index in [9.17, 15) is 9.59 Å². The van der Waals surface area contributed by atoms with Gasteiger partial charge in [-0.1, -0.05) is 43.3 Å². The van der Waals surface area contributed by atoms with Crippen LogP contribution < -0.4 is 10.6 Å². The molecule has 0 bridgehead atoms. The Hall–Kier alpha value is -3.15. The molecular weight excluding hydrogens is 330 g/mol. The number of esters is 1. The standard InChI is InChI=1S/C20H23N3O3/c1-13(20(25)26-3)12-18(24)23(2)17-10-8-15(9-11-17)14-4-6-16(7-5-14)19(21)22/h4-11,13H,12H2,1-3H3,(H3,21,22). The molecule has 2 aromatic carbocycles. The van der Waals surface area contributed by atoms with E-state index in [1.54, 1.807) is 26.1 Å². The molecule has 2 aromatic rings. The summed E-state index contributed by atoms with van der Waals surface area (Å²) in [6.45, 7) is 1.67. The van der Waals surface area contributed by atoms with Gasteiger partial charge in [-0.25, -0.2) is 0 Å².